The summed E-state index contributed by atoms with van der Waals surface area (Å²) in [6, 6.07) is 0. The average molecular weight is 212 g/mol. The van der Waals surface area contributed by atoms with Gasteiger partial charge >= 0.3 is 0 Å². The summed E-state index contributed by atoms with van der Waals surface area (Å²) in [5.41, 5.74) is 4.79. The van der Waals surface area contributed by atoms with Crippen molar-refractivity contribution >= 4 is 18.2 Å². The van der Waals surface area contributed by atoms with E-state index in [1.807, 2.05) is 0 Å². The molecule has 0 fully saturated rings. The zero-order valence-corrected chi connectivity index (χ0v) is 9.77. The second kappa shape index (κ2) is 14.1. The van der Waals surface area contributed by atoms with Gasteiger partial charge in [-0.2, -0.15) is 0 Å². The van der Waals surface area contributed by atoms with Crippen molar-refractivity contribution in [3.63, 3.8) is 0 Å². The molecule has 13 heavy (non-hydrogen) atoms. The highest BCUT2D eigenvalue weighted by atomic mass is 35.5. The zero-order valence-electron chi connectivity index (χ0n) is 8.95. The van der Waals surface area contributed by atoms with Crippen LogP contribution >= 0.6 is 12.4 Å². The van der Waals surface area contributed by atoms with E-state index in [-0.39, 0.29) is 18.2 Å². The number of amidine groups is 1. The Morgan fingerprint density at radius 1 is 1.23 bits per heavy atom. The lowest BCUT2D eigenvalue weighted by molar-refractivity contribution is 0.318. The average Bonchev–Trinajstić information content (AvgIpc) is 2.09. The molecule has 0 radical (unpaired) electrons. The van der Waals surface area contributed by atoms with Gasteiger partial charge in [-0.15, -0.1) is 12.4 Å². The molecule has 4 nitrogen and oxygen atoms in total. The van der Waals surface area contributed by atoms with Gasteiger partial charge in [0.25, 0.3) is 0 Å². The van der Waals surface area contributed by atoms with Crippen molar-refractivity contribution < 1.29 is 5.21 Å². The van der Waals surface area contributed by atoms with Crippen LogP contribution in [-0.2, 0) is 0 Å². The Morgan fingerprint density at radius 2 is 1.46 bits per heavy atom. The van der Waals surface area contributed by atoms with Gasteiger partial charge in [0.05, 0.1) is 0 Å². The molecule has 0 amide bonds. The predicted octanol–water partition coefficient (Wildman–Crippen LogP) is 1.52. The van der Waals surface area contributed by atoms with Gasteiger partial charge in [-0.3, -0.25) is 0 Å². The molecule has 0 aliphatic heterocycles. The SMILES string of the molecule is CC(N)=NO.CCN(CC)CC.Cl. The number of hydrogen-bond donors (Lipinski definition) is 2. The highest BCUT2D eigenvalue weighted by Gasteiger charge is 1.89. The number of hydrogen-bond acceptors (Lipinski definition) is 3. The molecule has 0 spiro atoms. The third-order valence-electron chi connectivity index (χ3n) is 1.50. The second-order valence-corrected chi connectivity index (χ2v) is 2.36. The number of nitrogens with two attached hydrogens (primary N) is 1. The van der Waals surface area contributed by atoms with Crippen molar-refractivity contribution in [2.75, 3.05) is 19.6 Å². The fraction of sp³-hybridized carbons (Fsp3) is 0.875. The molecule has 0 unspecified atom stereocenters. The van der Waals surface area contributed by atoms with E-state index in [0.29, 0.717) is 0 Å². The van der Waals surface area contributed by atoms with Crippen molar-refractivity contribution in [2.24, 2.45) is 10.9 Å². The van der Waals surface area contributed by atoms with Crippen LogP contribution in [0, 0.1) is 0 Å². The fourth-order valence-corrected chi connectivity index (χ4v) is 0.671. The molecule has 0 heterocycles. The molecule has 82 valence electrons. The minimum Gasteiger partial charge on any atom is -0.409 e. The third kappa shape index (κ3) is 18.5. The summed E-state index contributed by atoms with van der Waals surface area (Å²) in [6.07, 6.45) is 0. The van der Waals surface area contributed by atoms with Crippen molar-refractivity contribution in [1.82, 2.24) is 4.90 Å². The molecule has 0 saturated heterocycles. The molecule has 0 aliphatic rings. The van der Waals surface area contributed by atoms with Gasteiger partial charge in [-0.25, -0.2) is 0 Å². The quantitative estimate of drug-likeness (QED) is 0.322. The number of nitrogens with zero attached hydrogens (tertiary/aromatic N) is 2. The maximum atomic E-state index is 7.61. The fourth-order valence-electron chi connectivity index (χ4n) is 0.671. The van der Waals surface area contributed by atoms with Gasteiger partial charge in [0.15, 0.2) is 0 Å². The standard InChI is InChI=1S/C6H15N.C2H6N2O.ClH/c1-4-7(5-2)6-3;1-2(3)4-5;/h4-6H2,1-3H3;5H,1H3,(H2,3,4);1H. The van der Waals surface area contributed by atoms with Gasteiger partial charge in [0.1, 0.15) is 5.84 Å². The van der Waals surface area contributed by atoms with Crippen molar-refractivity contribution in [3.05, 3.63) is 0 Å². The zero-order chi connectivity index (χ0) is 9.98. The Balaban J connectivity index is -0.000000150. The van der Waals surface area contributed by atoms with Crippen molar-refractivity contribution in [3.8, 4) is 0 Å². The maximum Gasteiger partial charge on any atom is 0.135 e. The summed E-state index contributed by atoms with van der Waals surface area (Å²) in [5, 5.41) is 10.2. The Kier molecular flexibility index (Phi) is 19.8. The van der Waals surface area contributed by atoms with Gasteiger partial charge < -0.3 is 15.8 Å². The summed E-state index contributed by atoms with van der Waals surface area (Å²) >= 11 is 0. The first-order chi connectivity index (χ1) is 5.62. The van der Waals surface area contributed by atoms with Crippen molar-refractivity contribution in [1.29, 1.82) is 0 Å². The highest BCUT2D eigenvalue weighted by Crippen LogP contribution is 1.81. The predicted molar refractivity (Wildman–Crippen MR) is 59.8 cm³/mol. The molecule has 0 rings (SSSR count). The maximum absolute atomic E-state index is 7.61. The van der Waals surface area contributed by atoms with Gasteiger partial charge in [0, 0.05) is 0 Å². The Morgan fingerprint density at radius 3 is 1.46 bits per heavy atom. The molecular weight excluding hydrogens is 190 g/mol. The number of rotatable bonds is 3. The summed E-state index contributed by atoms with van der Waals surface area (Å²) in [4.78, 5) is 2.38. The van der Waals surface area contributed by atoms with Crippen LogP contribution in [0.5, 0.6) is 0 Å². The van der Waals surface area contributed by atoms with Crippen LogP contribution in [0.15, 0.2) is 5.16 Å². The number of halogens is 1. The highest BCUT2D eigenvalue weighted by molar-refractivity contribution is 5.85. The van der Waals surface area contributed by atoms with Crippen LogP contribution in [0.4, 0.5) is 0 Å². The Labute approximate surface area is 87.2 Å². The first kappa shape index (κ1) is 18.3. The minimum absolute atomic E-state index is 0. The molecule has 0 aliphatic carbocycles. The molecule has 0 atom stereocenters. The smallest absolute Gasteiger partial charge is 0.135 e. The van der Waals surface area contributed by atoms with E-state index in [1.54, 1.807) is 0 Å². The van der Waals surface area contributed by atoms with Gasteiger partial charge in [-0.1, -0.05) is 25.9 Å². The third-order valence-corrected chi connectivity index (χ3v) is 1.50. The van der Waals surface area contributed by atoms with Gasteiger partial charge in [-0.05, 0) is 26.6 Å². The lowest BCUT2D eigenvalue weighted by Crippen LogP contribution is -2.21. The molecule has 0 saturated carbocycles. The normalized spacial score (nSPS) is 10.1. The van der Waals surface area contributed by atoms with Crippen LogP contribution in [0.25, 0.3) is 0 Å². The molecule has 0 aromatic carbocycles. The van der Waals surface area contributed by atoms with Crippen LogP contribution in [-0.4, -0.2) is 35.6 Å². The van der Waals surface area contributed by atoms with Crippen LogP contribution in [0.3, 0.4) is 0 Å². The summed E-state index contributed by atoms with van der Waals surface area (Å²) in [5.74, 6) is 0.185. The lowest BCUT2D eigenvalue weighted by atomic mass is 10.5. The summed E-state index contributed by atoms with van der Waals surface area (Å²) in [6.45, 7) is 11.6. The van der Waals surface area contributed by atoms with E-state index in [4.69, 9.17) is 10.9 Å². The minimum atomic E-state index is 0. The summed E-state index contributed by atoms with van der Waals surface area (Å²) < 4.78 is 0. The van der Waals surface area contributed by atoms with E-state index in [0.717, 1.165) is 0 Å². The van der Waals surface area contributed by atoms with E-state index in [2.05, 4.69) is 30.8 Å². The molecule has 0 aromatic rings. The molecule has 0 bridgehead atoms. The topological polar surface area (TPSA) is 61.9 Å². The first-order valence-electron chi connectivity index (χ1n) is 4.28. The largest absolute Gasteiger partial charge is 0.409 e. The second-order valence-electron chi connectivity index (χ2n) is 2.36. The van der Waals surface area contributed by atoms with Gasteiger partial charge in [0.2, 0.25) is 0 Å². The van der Waals surface area contributed by atoms with Crippen molar-refractivity contribution in [2.45, 2.75) is 27.7 Å². The van der Waals surface area contributed by atoms with E-state index in [9.17, 15) is 0 Å². The van der Waals surface area contributed by atoms with E-state index < -0.39 is 0 Å². The summed E-state index contributed by atoms with van der Waals surface area (Å²) in [7, 11) is 0. The van der Waals surface area contributed by atoms with Crippen LogP contribution in [0.2, 0.25) is 0 Å². The Bertz CT molecular complexity index is 106. The molecule has 5 heteroatoms. The molecular formula is C8H22ClN3O. The lowest BCUT2D eigenvalue weighted by Gasteiger charge is -2.13. The molecule has 0 aromatic heterocycles. The number of oxime groups is 1. The first-order valence-corrected chi connectivity index (χ1v) is 4.28. The monoisotopic (exact) mass is 211 g/mol. The van der Waals surface area contributed by atoms with Crippen LogP contribution in [0.1, 0.15) is 27.7 Å². The van der Waals surface area contributed by atoms with Crippen LogP contribution < -0.4 is 5.73 Å². The van der Waals surface area contributed by atoms with E-state index in [1.165, 1.54) is 26.6 Å². The molecule has 3 N–H and O–H groups in total. The van der Waals surface area contributed by atoms with E-state index >= 15 is 0 Å². The Hall–Kier alpha value is -0.480.